The fourth-order valence-electron chi connectivity index (χ4n) is 5.04. The molecule has 0 bridgehead atoms. The van der Waals surface area contributed by atoms with E-state index in [1.807, 2.05) is 20.8 Å². The van der Waals surface area contributed by atoms with Crippen LogP contribution in [0, 0.1) is 5.92 Å². The zero-order valence-electron chi connectivity index (χ0n) is 21.0. The van der Waals surface area contributed by atoms with Gasteiger partial charge in [-0.2, -0.15) is 0 Å². The average molecular weight is 498 g/mol. The van der Waals surface area contributed by atoms with Crippen molar-refractivity contribution in [1.29, 1.82) is 0 Å². The molecule has 11 heteroatoms. The number of likely N-dealkylation sites (tertiary alicyclic amines) is 1. The highest BCUT2D eigenvalue weighted by molar-refractivity contribution is 6.00. The fraction of sp³-hybridized carbons (Fsp3) is 0.560. The van der Waals surface area contributed by atoms with Crippen LogP contribution in [0.4, 0.5) is 4.79 Å². The molecule has 3 aromatic rings. The molecule has 192 valence electrons. The van der Waals surface area contributed by atoms with Crippen LogP contribution in [0.1, 0.15) is 58.4 Å². The van der Waals surface area contributed by atoms with E-state index < -0.39 is 17.6 Å². The molecule has 36 heavy (non-hydrogen) atoms. The number of imidazole rings is 1. The zero-order valence-corrected chi connectivity index (χ0v) is 21.0. The van der Waals surface area contributed by atoms with Gasteiger partial charge in [0.25, 0.3) is 0 Å². The van der Waals surface area contributed by atoms with Crippen molar-refractivity contribution >= 4 is 40.0 Å². The lowest BCUT2D eigenvalue weighted by Gasteiger charge is -2.33. The van der Waals surface area contributed by atoms with Crippen LogP contribution in [-0.4, -0.2) is 55.6 Å². The van der Waals surface area contributed by atoms with Crippen LogP contribution in [0.2, 0.25) is 0 Å². The Morgan fingerprint density at radius 1 is 1.14 bits per heavy atom. The highest BCUT2D eigenvalue weighted by Gasteiger charge is 2.32. The summed E-state index contributed by atoms with van der Waals surface area (Å²) in [6.45, 7) is 6.83. The van der Waals surface area contributed by atoms with Crippen molar-refractivity contribution in [2.45, 2.75) is 64.5 Å². The highest BCUT2D eigenvalue weighted by Crippen LogP contribution is 2.29. The molecule has 1 unspecified atom stereocenters. The van der Waals surface area contributed by atoms with Gasteiger partial charge in [-0.3, -0.25) is 24.0 Å². The van der Waals surface area contributed by atoms with E-state index in [9.17, 15) is 19.2 Å². The SMILES string of the molecule is Cn1c(=O)n(C2CCC(=O)NC2=O)c2cc3oc(CC4CCN(C(=O)OC(C)(C)C)CC4)nc3cc21. The molecule has 0 spiro atoms. The summed E-state index contributed by atoms with van der Waals surface area (Å²) in [5.74, 6) is 0.124. The van der Waals surface area contributed by atoms with Gasteiger partial charge in [-0.05, 0) is 52.0 Å². The van der Waals surface area contributed by atoms with Crippen molar-refractivity contribution in [2.24, 2.45) is 13.0 Å². The van der Waals surface area contributed by atoms with Gasteiger partial charge in [0.2, 0.25) is 11.8 Å². The Morgan fingerprint density at radius 3 is 2.53 bits per heavy atom. The van der Waals surface area contributed by atoms with E-state index >= 15 is 0 Å². The maximum Gasteiger partial charge on any atom is 0.410 e. The summed E-state index contributed by atoms with van der Waals surface area (Å²) in [5.41, 5.74) is 1.54. The van der Waals surface area contributed by atoms with Crippen molar-refractivity contribution in [2.75, 3.05) is 13.1 Å². The molecule has 2 saturated heterocycles. The average Bonchev–Trinajstić information content (AvgIpc) is 3.29. The third kappa shape index (κ3) is 4.49. The number of imide groups is 1. The number of aromatic nitrogens is 3. The van der Waals surface area contributed by atoms with Gasteiger partial charge in [-0.25, -0.2) is 14.6 Å². The summed E-state index contributed by atoms with van der Waals surface area (Å²) in [6.07, 6.45) is 2.47. The molecule has 4 heterocycles. The number of amides is 3. The van der Waals surface area contributed by atoms with Gasteiger partial charge in [0.15, 0.2) is 11.5 Å². The van der Waals surface area contributed by atoms with Crippen molar-refractivity contribution in [3.05, 3.63) is 28.5 Å². The standard InChI is InChI=1S/C25H31N5O6/c1-25(2,3)36-24(34)29-9-7-14(8-10-29)11-21-26-15-12-17-18(13-19(15)35-21)30(23(33)28(17)4)16-5-6-20(31)27-22(16)32/h12-14,16H,5-11H2,1-4H3,(H,27,31,32). The van der Waals surface area contributed by atoms with Gasteiger partial charge in [0.05, 0.1) is 11.0 Å². The first kappa shape index (κ1) is 24.1. The lowest BCUT2D eigenvalue weighted by Crippen LogP contribution is -2.44. The number of benzene rings is 1. The van der Waals surface area contributed by atoms with E-state index in [0.717, 1.165) is 12.8 Å². The summed E-state index contributed by atoms with van der Waals surface area (Å²) < 4.78 is 14.5. The molecule has 2 aliphatic heterocycles. The van der Waals surface area contributed by atoms with Crippen molar-refractivity contribution < 1.29 is 23.5 Å². The van der Waals surface area contributed by atoms with E-state index in [4.69, 9.17) is 9.15 Å². The van der Waals surface area contributed by atoms with E-state index in [1.165, 1.54) is 9.13 Å². The smallest absolute Gasteiger partial charge is 0.410 e. The van der Waals surface area contributed by atoms with Gasteiger partial charge in [0.1, 0.15) is 17.2 Å². The highest BCUT2D eigenvalue weighted by atomic mass is 16.6. The second-order valence-electron chi connectivity index (χ2n) is 10.7. The number of oxazole rings is 1. The van der Waals surface area contributed by atoms with Gasteiger partial charge in [-0.15, -0.1) is 0 Å². The maximum absolute atomic E-state index is 13.0. The number of fused-ring (bicyclic) bond motifs is 2. The number of aryl methyl sites for hydroxylation is 1. The van der Waals surface area contributed by atoms with E-state index in [1.54, 1.807) is 24.1 Å². The third-order valence-corrected chi connectivity index (χ3v) is 6.89. The van der Waals surface area contributed by atoms with Crippen LogP contribution in [0.3, 0.4) is 0 Å². The Labute approximate surface area is 207 Å². The van der Waals surface area contributed by atoms with Gasteiger partial charge < -0.3 is 14.1 Å². The minimum Gasteiger partial charge on any atom is -0.444 e. The summed E-state index contributed by atoms with van der Waals surface area (Å²) in [5, 5.41) is 2.32. The van der Waals surface area contributed by atoms with E-state index in [-0.39, 0.29) is 30.5 Å². The Bertz CT molecular complexity index is 1420. The van der Waals surface area contributed by atoms with Gasteiger partial charge in [-0.1, -0.05) is 0 Å². The lowest BCUT2D eigenvalue weighted by atomic mass is 9.94. The molecule has 0 radical (unpaired) electrons. The van der Waals surface area contributed by atoms with Crippen LogP contribution in [0.25, 0.3) is 22.1 Å². The molecule has 0 aliphatic carbocycles. The van der Waals surface area contributed by atoms with Crippen LogP contribution in [0.5, 0.6) is 0 Å². The van der Waals surface area contributed by atoms with Gasteiger partial charge in [0, 0.05) is 39.0 Å². The maximum atomic E-state index is 13.0. The minimum atomic E-state index is -0.756. The number of carbonyl (C=O) groups is 3. The zero-order chi connectivity index (χ0) is 25.8. The summed E-state index contributed by atoms with van der Waals surface area (Å²) in [4.78, 5) is 55.7. The molecule has 2 aromatic heterocycles. The predicted octanol–water partition coefficient (Wildman–Crippen LogP) is 2.65. The number of carbonyl (C=O) groups excluding carboxylic acids is 3. The summed E-state index contributed by atoms with van der Waals surface area (Å²) in [7, 11) is 1.65. The predicted molar refractivity (Wildman–Crippen MR) is 130 cm³/mol. The van der Waals surface area contributed by atoms with Crippen LogP contribution in [-0.2, 0) is 27.8 Å². The lowest BCUT2D eigenvalue weighted by molar-refractivity contribution is -0.135. The second kappa shape index (κ2) is 8.79. The molecule has 1 atom stereocenters. The number of nitrogens with zero attached hydrogens (tertiary/aromatic N) is 4. The summed E-state index contributed by atoms with van der Waals surface area (Å²) in [6, 6.07) is 2.79. The Balaban J connectivity index is 1.35. The molecule has 0 saturated carbocycles. The minimum absolute atomic E-state index is 0.181. The van der Waals surface area contributed by atoms with Crippen LogP contribution < -0.4 is 11.0 Å². The quantitative estimate of drug-likeness (QED) is 0.551. The van der Waals surface area contributed by atoms with Crippen molar-refractivity contribution in [3.63, 3.8) is 0 Å². The number of nitrogens with one attached hydrogen (secondary N) is 1. The Morgan fingerprint density at radius 2 is 1.86 bits per heavy atom. The summed E-state index contributed by atoms with van der Waals surface area (Å²) >= 11 is 0. The van der Waals surface area contributed by atoms with E-state index in [0.29, 0.717) is 53.5 Å². The largest absolute Gasteiger partial charge is 0.444 e. The van der Waals surface area contributed by atoms with Crippen molar-refractivity contribution in [1.82, 2.24) is 24.3 Å². The number of hydrogen-bond donors (Lipinski definition) is 1. The Kier molecular flexibility index (Phi) is 5.88. The molecule has 5 rings (SSSR count). The molecule has 11 nitrogen and oxygen atoms in total. The molecular formula is C25H31N5O6. The number of piperidine rings is 2. The molecule has 1 aromatic carbocycles. The number of hydrogen-bond acceptors (Lipinski definition) is 7. The topological polar surface area (TPSA) is 129 Å². The monoisotopic (exact) mass is 497 g/mol. The Hall–Kier alpha value is -3.63. The first-order valence-electron chi connectivity index (χ1n) is 12.3. The molecular weight excluding hydrogens is 466 g/mol. The number of rotatable bonds is 3. The molecule has 3 amide bonds. The first-order chi connectivity index (χ1) is 17.0. The van der Waals surface area contributed by atoms with Crippen LogP contribution >= 0.6 is 0 Å². The van der Waals surface area contributed by atoms with Crippen LogP contribution in [0.15, 0.2) is 21.3 Å². The first-order valence-corrected chi connectivity index (χ1v) is 12.3. The molecule has 1 N–H and O–H groups in total. The number of ether oxygens (including phenoxy) is 1. The van der Waals surface area contributed by atoms with Gasteiger partial charge >= 0.3 is 11.8 Å². The fourth-order valence-corrected chi connectivity index (χ4v) is 5.04. The molecule has 2 aliphatic rings. The molecule has 2 fully saturated rings. The normalized spacial score (nSPS) is 19.8. The third-order valence-electron chi connectivity index (χ3n) is 6.89. The van der Waals surface area contributed by atoms with Crippen molar-refractivity contribution in [3.8, 4) is 0 Å². The van der Waals surface area contributed by atoms with E-state index in [2.05, 4.69) is 10.3 Å². The second-order valence-corrected chi connectivity index (χ2v) is 10.7.